The molecule has 0 fully saturated rings. The summed E-state index contributed by atoms with van der Waals surface area (Å²) in [5.74, 6) is -0.292. The van der Waals surface area contributed by atoms with Crippen molar-refractivity contribution in [3.63, 3.8) is 0 Å². The van der Waals surface area contributed by atoms with Crippen molar-refractivity contribution in [3.05, 3.63) is 28.8 Å². The maximum absolute atomic E-state index is 11.1. The summed E-state index contributed by atoms with van der Waals surface area (Å²) in [6.07, 6.45) is 5.12. The van der Waals surface area contributed by atoms with Crippen LogP contribution < -0.4 is 5.32 Å². The zero-order chi connectivity index (χ0) is 13.4. The number of anilines is 1. The van der Waals surface area contributed by atoms with Crippen molar-refractivity contribution in [2.75, 3.05) is 5.32 Å². The van der Waals surface area contributed by atoms with Gasteiger partial charge in [-0.1, -0.05) is 0 Å². The van der Waals surface area contributed by atoms with E-state index < -0.39 is 11.9 Å². The molecule has 19 heavy (non-hydrogen) atoms. The van der Waals surface area contributed by atoms with Crippen LogP contribution >= 0.6 is 11.3 Å². The first-order valence-corrected chi connectivity index (χ1v) is 6.89. The number of aliphatic carboxylic acids is 1. The van der Waals surface area contributed by atoms with Crippen LogP contribution in [0.25, 0.3) is 0 Å². The van der Waals surface area contributed by atoms with E-state index in [0.29, 0.717) is 13.0 Å². The summed E-state index contributed by atoms with van der Waals surface area (Å²) >= 11 is 1.55. The molecule has 1 aliphatic rings. The Morgan fingerprint density at radius 3 is 3.21 bits per heavy atom. The molecule has 3 rings (SSSR count). The lowest BCUT2D eigenvalue weighted by atomic mass is 10.1. The molecule has 0 aromatic carbocycles. The lowest BCUT2D eigenvalue weighted by Crippen LogP contribution is -2.09. The molecule has 0 bridgehead atoms. The Balaban J connectivity index is 1.72. The molecule has 1 aliphatic carbocycles. The SMILES string of the molecule is Cn1ccnc1CNc1nc2c(s1)CCC2C(=O)O. The third kappa shape index (κ3) is 2.21. The maximum Gasteiger partial charge on any atom is 0.312 e. The number of fused-ring (bicyclic) bond motifs is 1. The standard InChI is InChI=1S/C12H14N4O2S/c1-16-5-4-13-9(16)6-14-12-15-10-7(11(17)18)2-3-8(10)19-12/h4-5,7H,2-3,6H2,1H3,(H,14,15)(H,17,18). The number of carbonyl (C=O) groups is 1. The second-order valence-electron chi connectivity index (χ2n) is 4.56. The molecule has 0 saturated heterocycles. The van der Waals surface area contributed by atoms with Crippen LogP contribution in [0.15, 0.2) is 12.4 Å². The van der Waals surface area contributed by atoms with Crippen molar-refractivity contribution in [1.82, 2.24) is 14.5 Å². The molecule has 2 aromatic rings. The minimum atomic E-state index is -0.778. The summed E-state index contributed by atoms with van der Waals surface area (Å²) in [6.45, 7) is 0.591. The molecular formula is C12H14N4O2S. The van der Waals surface area contributed by atoms with Crippen LogP contribution in [0.2, 0.25) is 0 Å². The molecule has 7 heteroatoms. The van der Waals surface area contributed by atoms with Crippen molar-refractivity contribution in [3.8, 4) is 0 Å². The van der Waals surface area contributed by atoms with E-state index in [1.54, 1.807) is 17.5 Å². The quantitative estimate of drug-likeness (QED) is 0.888. The molecule has 6 nitrogen and oxygen atoms in total. The van der Waals surface area contributed by atoms with E-state index in [9.17, 15) is 4.79 Å². The number of aromatic nitrogens is 3. The number of thiazole rings is 1. The molecule has 0 saturated carbocycles. The van der Waals surface area contributed by atoms with Crippen molar-refractivity contribution >= 4 is 22.4 Å². The minimum absolute atomic E-state index is 0.435. The Morgan fingerprint density at radius 2 is 2.53 bits per heavy atom. The molecule has 1 unspecified atom stereocenters. The normalized spacial score (nSPS) is 17.4. The van der Waals surface area contributed by atoms with Gasteiger partial charge in [-0.3, -0.25) is 4.79 Å². The van der Waals surface area contributed by atoms with Gasteiger partial charge >= 0.3 is 5.97 Å². The molecule has 100 valence electrons. The summed E-state index contributed by atoms with van der Waals surface area (Å²) < 4.78 is 1.94. The van der Waals surface area contributed by atoms with Gasteiger partial charge in [-0.15, -0.1) is 11.3 Å². The number of rotatable bonds is 4. The maximum atomic E-state index is 11.1. The number of aryl methyl sites for hydroxylation is 2. The van der Waals surface area contributed by atoms with E-state index in [4.69, 9.17) is 5.11 Å². The van der Waals surface area contributed by atoms with Crippen LogP contribution in [0.3, 0.4) is 0 Å². The number of imidazole rings is 1. The number of nitrogens with zero attached hydrogens (tertiary/aromatic N) is 3. The third-order valence-corrected chi connectivity index (χ3v) is 4.42. The fourth-order valence-electron chi connectivity index (χ4n) is 2.26. The molecule has 0 amide bonds. The Kier molecular flexibility index (Phi) is 2.98. The first-order chi connectivity index (χ1) is 9.15. The first-order valence-electron chi connectivity index (χ1n) is 6.07. The third-order valence-electron chi connectivity index (χ3n) is 3.33. The Labute approximate surface area is 114 Å². The fourth-order valence-corrected chi connectivity index (χ4v) is 3.30. The van der Waals surface area contributed by atoms with E-state index in [0.717, 1.165) is 27.9 Å². The predicted octanol–water partition coefficient (Wildman–Crippen LogP) is 1.60. The molecule has 2 aromatic heterocycles. The summed E-state index contributed by atoms with van der Waals surface area (Å²) in [5.41, 5.74) is 0.736. The van der Waals surface area contributed by atoms with Crippen molar-refractivity contribution in [2.45, 2.75) is 25.3 Å². The van der Waals surface area contributed by atoms with Crippen LogP contribution in [0.5, 0.6) is 0 Å². The summed E-state index contributed by atoms with van der Waals surface area (Å²) in [5, 5.41) is 13.1. The number of carboxylic acids is 1. The lowest BCUT2D eigenvalue weighted by molar-refractivity contribution is -0.138. The monoisotopic (exact) mass is 278 g/mol. The smallest absolute Gasteiger partial charge is 0.312 e. The molecule has 0 radical (unpaired) electrons. The van der Waals surface area contributed by atoms with Crippen LogP contribution in [0.4, 0.5) is 5.13 Å². The van der Waals surface area contributed by atoms with Crippen molar-refractivity contribution < 1.29 is 9.90 Å². The van der Waals surface area contributed by atoms with Gasteiger partial charge in [0.05, 0.1) is 12.2 Å². The second kappa shape index (κ2) is 4.65. The van der Waals surface area contributed by atoms with E-state index in [1.807, 2.05) is 17.8 Å². The van der Waals surface area contributed by atoms with E-state index in [-0.39, 0.29) is 0 Å². The lowest BCUT2D eigenvalue weighted by Gasteiger charge is -2.04. The number of carboxylic acid groups (broad SMARTS) is 1. The molecule has 2 heterocycles. The molecule has 0 spiro atoms. The zero-order valence-electron chi connectivity index (χ0n) is 10.5. The largest absolute Gasteiger partial charge is 0.481 e. The highest BCUT2D eigenvalue weighted by molar-refractivity contribution is 7.15. The Morgan fingerprint density at radius 1 is 1.68 bits per heavy atom. The summed E-state index contributed by atoms with van der Waals surface area (Å²) in [7, 11) is 1.94. The fraction of sp³-hybridized carbons (Fsp3) is 0.417. The van der Waals surface area contributed by atoms with Crippen LogP contribution in [-0.2, 0) is 24.8 Å². The second-order valence-corrected chi connectivity index (χ2v) is 5.65. The highest BCUT2D eigenvalue weighted by Gasteiger charge is 2.32. The first kappa shape index (κ1) is 12.2. The van der Waals surface area contributed by atoms with Crippen molar-refractivity contribution in [2.24, 2.45) is 7.05 Å². The minimum Gasteiger partial charge on any atom is -0.481 e. The Bertz CT molecular complexity index is 619. The van der Waals surface area contributed by atoms with Gasteiger partial charge in [0.2, 0.25) is 0 Å². The van der Waals surface area contributed by atoms with Gasteiger partial charge in [0.25, 0.3) is 0 Å². The Hall–Kier alpha value is -1.89. The van der Waals surface area contributed by atoms with Crippen LogP contribution in [-0.4, -0.2) is 25.6 Å². The van der Waals surface area contributed by atoms with Gasteiger partial charge in [-0.05, 0) is 12.8 Å². The molecule has 1 atom stereocenters. The summed E-state index contributed by atoms with van der Waals surface area (Å²) in [4.78, 5) is 20.8. The topological polar surface area (TPSA) is 80.0 Å². The van der Waals surface area contributed by atoms with E-state index in [2.05, 4.69) is 15.3 Å². The van der Waals surface area contributed by atoms with Gasteiger partial charge in [0.1, 0.15) is 11.7 Å². The predicted molar refractivity (Wildman–Crippen MR) is 71.3 cm³/mol. The van der Waals surface area contributed by atoms with E-state index in [1.165, 1.54) is 0 Å². The zero-order valence-corrected chi connectivity index (χ0v) is 11.3. The molecular weight excluding hydrogens is 264 g/mol. The molecule has 2 N–H and O–H groups in total. The van der Waals surface area contributed by atoms with Crippen LogP contribution in [0, 0.1) is 0 Å². The average Bonchev–Trinajstić information content (AvgIpc) is 3.00. The van der Waals surface area contributed by atoms with E-state index >= 15 is 0 Å². The number of nitrogens with one attached hydrogen (secondary N) is 1. The summed E-state index contributed by atoms with van der Waals surface area (Å²) in [6, 6.07) is 0. The van der Waals surface area contributed by atoms with Crippen LogP contribution in [0.1, 0.15) is 28.7 Å². The van der Waals surface area contributed by atoms with Gasteiger partial charge in [0, 0.05) is 24.3 Å². The van der Waals surface area contributed by atoms with Gasteiger partial charge < -0.3 is 15.0 Å². The molecule has 0 aliphatic heterocycles. The highest BCUT2D eigenvalue weighted by Crippen LogP contribution is 2.38. The van der Waals surface area contributed by atoms with Gasteiger partial charge in [-0.25, -0.2) is 9.97 Å². The highest BCUT2D eigenvalue weighted by atomic mass is 32.1. The van der Waals surface area contributed by atoms with Gasteiger partial charge in [0.15, 0.2) is 5.13 Å². The number of hydrogen-bond donors (Lipinski definition) is 2. The van der Waals surface area contributed by atoms with Gasteiger partial charge in [-0.2, -0.15) is 0 Å². The average molecular weight is 278 g/mol. The van der Waals surface area contributed by atoms with Crippen molar-refractivity contribution in [1.29, 1.82) is 0 Å². The number of hydrogen-bond acceptors (Lipinski definition) is 5.